The Bertz CT molecular complexity index is 284. The molecule has 0 unspecified atom stereocenters. The van der Waals surface area contributed by atoms with Gasteiger partial charge in [-0.15, -0.1) is 0 Å². The predicted octanol–water partition coefficient (Wildman–Crippen LogP) is 2.09. The van der Waals surface area contributed by atoms with E-state index in [1.165, 1.54) is 25.7 Å². The zero-order chi connectivity index (χ0) is 9.97. The van der Waals surface area contributed by atoms with Gasteiger partial charge in [0.05, 0.1) is 12.2 Å². The van der Waals surface area contributed by atoms with Crippen LogP contribution in [0.3, 0.4) is 0 Å². The highest BCUT2D eigenvalue weighted by atomic mass is 15.3. The highest BCUT2D eigenvalue weighted by Gasteiger charge is 2.19. The summed E-state index contributed by atoms with van der Waals surface area (Å²) in [6.07, 6.45) is 9.20. The maximum Gasteiger partial charge on any atom is 0.0534 e. The lowest BCUT2D eigenvalue weighted by Gasteiger charge is -2.26. The van der Waals surface area contributed by atoms with E-state index in [0.717, 1.165) is 11.5 Å². The molecule has 1 aromatic rings. The average molecular weight is 193 g/mol. The van der Waals surface area contributed by atoms with E-state index in [1.807, 2.05) is 6.20 Å². The summed E-state index contributed by atoms with van der Waals surface area (Å²) in [7, 11) is 0. The Morgan fingerprint density at radius 3 is 2.71 bits per heavy atom. The fourth-order valence-corrected chi connectivity index (χ4v) is 2.19. The minimum absolute atomic E-state index is 0.600. The van der Waals surface area contributed by atoms with Gasteiger partial charge in [0.25, 0.3) is 0 Å². The number of aromatic nitrogens is 2. The van der Waals surface area contributed by atoms with Crippen LogP contribution in [0.4, 0.5) is 0 Å². The first-order chi connectivity index (χ1) is 6.79. The molecule has 0 radical (unpaired) electrons. The van der Waals surface area contributed by atoms with Gasteiger partial charge in [-0.3, -0.25) is 4.68 Å². The Morgan fingerprint density at radius 2 is 2.14 bits per heavy atom. The van der Waals surface area contributed by atoms with Crippen LogP contribution in [-0.4, -0.2) is 9.78 Å². The topological polar surface area (TPSA) is 43.8 Å². The summed E-state index contributed by atoms with van der Waals surface area (Å²) in [6.45, 7) is 2.94. The SMILES string of the molecule is CC1CCC(n2cc(CN)cn2)CC1. The first-order valence-corrected chi connectivity index (χ1v) is 5.52. The zero-order valence-corrected chi connectivity index (χ0v) is 8.82. The van der Waals surface area contributed by atoms with Gasteiger partial charge in [0.2, 0.25) is 0 Å². The Kier molecular flexibility index (Phi) is 2.87. The highest BCUT2D eigenvalue weighted by Crippen LogP contribution is 2.31. The molecule has 1 saturated carbocycles. The molecule has 1 aliphatic rings. The molecule has 3 heteroatoms. The number of nitrogens with zero attached hydrogens (tertiary/aromatic N) is 2. The summed E-state index contributed by atoms with van der Waals surface area (Å²) in [5.41, 5.74) is 6.70. The van der Waals surface area contributed by atoms with Crippen molar-refractivity contribution in [2.24, 2.45) is 11.7 Å². The second-order valence-electron chi connectivity index (χ2n) is 4.45. The summed E-state index contributed by atoms with van der Waals surface area (Å²) in [5, 5.41) is 4.37. The molecule has 1 aromatic heterocycles. The van der Waals surface area contributed by atoms with Gasteiger partial charge in [0.15, 0.2) is 0 Å². The fourth-order valence-electron chi connectivity index (χ4n) is 2.19. The molecule has 2 N–H and O–H groups in total. The van der Waals surface area contributed by atoms with Crippen molar-refractivity contribution >= 4 is 0 Å². The van der Waals surface area contributed by atoms with Gasteiger partial charge in [-0.05, 0) is 31.6 Å². The second kappa shape index (κ2) is 4.13. The van der Waals surface area contributed by atoms with Crippen LogP contribution in [-0.2, 0) is 6.54 Å². The van der Waals surface area contributed by atoms with Crippen LogP contribution < -0.4 is 5.73 Å². The lowest BCUT2D eigenvalue weighted by Crippen LogP contribution is -2.17. The lowest BCUT2D eigenvalue weighted by atomic mass is 9.87. The molecule has 1 heterocycles. The average Bonchev–Trinajstić information content (AvgIpc) is 2.67. The maximum absolute atomic E-state index is 5.56. The molecule has 1 aliphatic carbocycles. The molecule has 0 atom stereocenters. The molecule has 14 heavy (non-hydrogen) atoms. The third-order valence-electron chi connectivity index (χ3n) is 3.25. The van der Waals surface area contributed by atoms with Crippen molar-refractivity contribution < 1.29 is 0 Å². The van der Waals surface area contributed by atoms with Crippen molar-refractivity contribution in [2.75, 3.05) is 0 Å². The van der Waals surface area contributed by atoms with E-state index >= 15 is 0 Å². The standard InChI is InChI=1S/C11H19N3/c1-9-2-4-11(5-3-9)14-8-10(6-12)7-13-14/h7-9,11H,2-6,12H2,1H3. The van der Waals surface area contributed by atoms with Gasteiger partial charge in [-0.25, -0.2) is 0 Å². The molecule has 0 amide bonds. The normalized spacial score (nSPS) is 27.9. The van der Waals surface area contributed by atoms with Crippen LogP contribution in [0.2, 0.25) is 0 Å². The summed E-state index contributed by atoms with van der Waals surface area (Å²) < 4.78 is 2.11. The number of hydrogen-bond acceptors (Lipinski definition) is 2. The molecule has 78 valence electrons. The lowest BCUT2D eigenvalue weighted by molar-refractivity contribution is 0.274. The van der Waals surface area contributed by atoms with Gasteiger partial charge >= 0.3 is 0 Å². The third-order valence-corrected chi connectivity index (χ3v) is 3.25. The van der Waals surface area contributed by atoms with Crippen molar-refractivity contribution in [1.82, 2.24) is 9.78 Å². The summed E-state index contributed by atoms with van der Waals surface area (Å²) >= 11 is 0. The summed E-state index contributed by atoms with van der Waals surface area (Å²) in [4.78, 5) is 0. The van der Waals surface area contributed by atoms with Crippen LogP contribution in [0.5, 0.6) is 0 Å². The van der Waals surface area contributed by atoms with Crippen molar-refractivity contribution in [3.05, 3.63) is 18.0 Å². The van der Waals surface area contributed by atoms with Gasteiger partial charge < -0.3 is 5.73 Å². The highest BCUT2D eigenvalue weighted by molar-refractivity contribution is 5.03. The van der Waals surface area contributed by atoms with E-state index in [0.29, 0.717) is 12.6 Å². The molecule has 0 aromatic carbocycles. The molecule has 3 nitrogen and oxygen atoms in total. The molecule has 0 bridgehead atoms. The summed E-state index contributed by atoms with van der Waals surface area (Å²) in [6, 6.07) is 0.617. The van der Waals surface area contributed by atoms with Gasteiger partial charge in [-0.1, -0.05) is 6.92 Å². The van der Waals surface area contributed by atoms with Crippen LogP contribution in [0.1, 0.15) is 44.2 Å². The number of rotatable bonds is 2. The van der Waals surface area contributed by atoms with Crippen LogP contribution >= 0.6 is 0 Å². The van der Waals surface area contributed by atoms with Crippen molar-refractivity contribution in [3.63, 3.8) is 0 Å². The molecule has 0 spiro atoms. The van der Waals surface area contributed by atoms with Crippen LogP contribution in [0, 0.1) is 5.92 Å². The summed E-state index contributed by atoms with van der Waals surface area (Å²) in [5.74, 6) is 0.899. The molecule has 0 saturated heterocycles. The van der Waals surface area contributed by atoms with E-state index in [2.05, 4.69) is 22.9 Å². The number of hydrogen-bond donors (Lipinski definition) is 1. The fraction of sp³-hybridized carbons (Fsp3) is 0.727. The van der Waals surface area contributed by atoms with E-state index in [-0.39, 0.29) is 0 Å². The van der Waals surface area contributed by atoms with Gasteiger partial charge in [0.1, 0.15) is 0 Å². The zero-order valence-electron chi connectivity index (χ0n) is 8.82. The Morgan fingerprint density at radius 1 is 1.43 bits per heavy atom. The van der Waals surface area contributed by atoms with E-state index in [4.69, 9.17) is 5.73 Å². The molecule has 2 rings (SSSR count). The first-order valence-electron chi connectivity index (χ1n) is 5.52. The van der Waals surface area contributed by atoms with Crippen molar-refractivity contribution in [1.29, 1.82) is 0 Å². The first kappa shape index (κ1) is 9.71. The Labute approximate surface area is 85.3 Å². The van der Waals surface area contributed by atoms with Gasteiger partial charge in [0, 0.05) is 18.3 Å². The van der Waals surface area contributed by atoms with Crippen LogP contribution in [0.15, 0.2) is 12.4 Å². The minimum Gasteiger partial charge on any atom is -0.326 e. The molecular formula is C11H19N3. The van der Waals surface area contributed by atoms with E-state index in [9.17, 15) is 0 Å². The molecular weight excluding hydrogens is 174 g/mol. The largest absolute Gasteiger partial charge is 0.326 e. The van der Waals surface area contributed by atoms with Crippen molar-refractivity contribution in [2.45, 2.75) is 45.2 Å². The molecule has 0 aliphatic heterocycles. The van der Waals surface area contributed by atoms with Gasteiger partial charge in [-0.2, -0.15) is 5.10 Å². The Hall–Kier alpha value is -0.830. The maximum atomic E-state index is 5.56. The second-order valence-corrected chi connectivity index (χ2v) is 4.45. The predicted molar refractivity (Wildman–Crippen MR) is 56.8 cm³/mol. The van der Waals surface area contributed by atoms with E-state index < -0.39 is 0 Å². The quantitative estimate of drug-likeness (QED) is 0.781. The van der Waals surface area contributed by atoms with E-state index in [1.54, 1.807) is 0 Å². The third kappa shape index (κ3) is 1.98. The monoisotopic (exact) mass is 193 g/mol. The van der Waals surface area contributed by atoms with Crippen LogP contribution in [0.25, 0.3) is 0 Å². The smallest absolute Gasteiger partial charge is 0.0534 e. The minimum atomic E-state index is 0.600. The Balaban J connectivity index is 2.01. The van der Waals surface area contributed by atoms with Crippen molar-refractivity contribution in [3.8, 4) is 0 Å². The molecule has 1 fully saturated rings. The number of nitrogens with two attached hydrogens (primary N) is 1.